The average molecular weight is 325 g/mol. The smallest absolute Gasteiger partial charge is 0.228 e. The van der Waals surface area contributed by atoms with Crippen LogP contribution in [0.3, 0.4) is 0 Å². The van der Waals surface area contributed by atoms with Crippen molar-refractivity contribution in [1.29, 1.82) is 0 Å². The first-order valence-corrected chi connectivity index (χ1v) is 16.3. The molecule has 5 heteroatoms. The Balaban J connectivity index is -0.000000104. The van der Waals surface area contributed by atoms with E-state index in [9.17, 15) is 0 Å². The molecule has 0 aliphatic heterocycles. The molecule has 0 aliphatic carbocycles. The SMILES string of the molecule is C=CC.CCCC.C[SiH3].C[Si](C)(C)OO[Si](C)(C)C. The van der Waals surface area contributed by atoms with Crippen LogP contribution in [0.15, 0.2) is 12.7 Å². The van der Waals surface area contributed by atoms with Gasteiger partial charge in [-0.05, 0) is 56.4 Å². The van der Waals surface area contributed by atoms with Crippen molar-refractivity contribution in [3.05, 3.63) is 12.7 Å². The highest BCUT2D eigenvalue weighted by Crippen LogP contribution is 2.09. The molecule has 0 amide bonds. The van der Waals surface area contributed by atoms with E-state index in [4.69, 9.17) is 9.15 Å². The maximum absolute atomic E-state index is 5.29. The molecule has 0 saturated heterocycles. The Morgan fingerprint density at radius 2 is 1.00 bits per heavy atom. The molecule has 0 heterocycles. The molecule has 0 radical (unpaired) electrons. The summed E-state index contributed by atoms with van der Waals surface area (Å²) in [7, 11) is -1.60. The highest BCUT2D eigenvalue weighted by molar-refractivity contribution is 6.72. The highest BCUT2D eigenvalue weighted by Gasteiger charge is 2.22. The van der Waals surface area contributed by atoms with Gasteiger partial charge in [-0.1, -0.05) is 39.3 Å². The third-order valence-electron chi connectivity index (χ3n) is 1.04. The Kier molecular flexibility index (Phi) is 26.6. The Labute approximate surface area is 128 Å². The lowest BCUT2D eigenvalue weighted by molar-refractivity contribution is -0.122. The van der Waals surface area contributed by atoms with Gasteiger partial charge in [0.25, 0.3) is 0 Å². The van der Waals surface area contributed by atoms with E-state index in [0.29, 0.717) is 0 Å². The summed E-state index contributed by atoms with van der Waals surface area (Å²) in [6.45, 7) is 24.5. The van der Waals surface area contributed by atoms with Gasteiger partial charge in [0.05, 0.1) is 0 Å². The molecule has 0 fully saturated rings. The van der Waals surface area contributed by atoms with Gasteiger partial charge < -0.3 is 0 Å². The average Bonchev–Trinajstić information content (AvgIpc) is 2.29. The predicted molar refractivity (Wildman–Crippen MR) is 101 cm³/mol. The molecule has 19 heavy (non-hydrogen) atoms. The molecule has 0 saturated carbocycles. The summed E-state index contributed by atoms with van der Waals surface area (Å²) in [5, 5.41) is 0. The zero-order valence-corrected chi connectivity index (χ0v) is 19.5. The molecule has 0 rings (SSSR count). The summed E-state index contributed by atoms with van der Waals surface area (Å²) in [6, 6.07) is 0. The molecule has 0 aromatic heterocycles. The van der Waals surface area contributed by atoms with Gasteiger partial charge in [-0.25, -0.2) is 0 Å². The van der Waals surface area contributed by atoms with Crippen LogP contribution in [0.5, 0.6) is 0 Å². The van der Waals surface area contributed by atoms with E-state index < -0.39 is 16.6 Å². The van der Waals surface area contributed by atoms with Crippen LogP contribution in [0.25, 0.3) is 0 Å². The van der Waals surface area contributed by atoms with Crippen molar-refractivity contribution in [3.8, 4) is 0 Å². The molecule has 120 valence electrons. The highest BCUT2D eigenvalue weighted by atomic mass is 28.4. The number of hydrogen-bond acceptors (Lipinski definition) is 2. The van der Waals surface area contributed by atoms with Crippen molar-refractivity contribution in [2.24, 2.45) is 0 Å². The van der Waals surface area contributed by atoms with Crippen LogP contribution in [0.4, 0.5) is 0 Å². The molecule has 0 unspecified atom stereocenters. The fourth-order valence-corrected chi connectivity index (χ4v) is 2.25. The van der Waals surface area contributed by atoms with Crippen LogP contribution in [0.2, 0.25) is 45.8 Å². The molecule has 0 spiro atoms. The molecule has 0 aromatic carbocycles. The summed E-state index contributed by atoms with van der Waals surface area (Å²) in [5.41, 5.74) is 0. The first kappa shape index (κ1) is 27.6. The normalized spacial score (nSPS) is 10.0. The predicted octanol–water partition coefficient (Wildman–Crippen LogP) is 5.00. The number of unbranched alkanes of at least 4 members (excludes halogenated alkanes) is 1. The van der Waals surface area contributed by atoms with E-state index in [0.717, 1.165) is 0 Å². The Hall–Kier alpha value is 0.311. The van der Waals surface area contributed by atoms with Crippen molar-refractivity contribution in [2.75, 3.05) is 0 Å². The van der Waals surface area contributed by atoms with Gasteiger partial charge >= 0.3 is 0 Å². The molecule has 0 atom stereocenters. The van der Waals surface area contributed by atoms with E-state index in [-0.39, 0.29) is 0 Å². The van der Waals surface area contributed by atoms with E-state index in [1.54, 1.807) is 6.08 Å². The lowest BCUT2D eigenvalue weighted by Gasteiger charge is -2.22. The molecular weight excluding hydrogens is 284 g/mol. The topological polar surface area (TPSA) is 18.5 Å². The zero-order chi connectivity index (χ0) is 16.5. The van der Waals surface area contributed by atoms with Crippen molar-refractivity contribution in [3.63, 3.8) is 0 Å². The van der Waals surface area contributed by atoms with Gasteiger partial charge in [0.2, 0.25) is 16.6 Å². The lowest BCUT2D eigenvalue weighted by Crippen LogP contribution is -2.34. The molecule has 2 nitrogen and oxygen atoms in total. The fraction of sp³-hybridized carbons (Fsp3) is 0.857. The largest absolute Gasteiger partial charge is 0.298 e. The number of hydrogen-bond donors (Lipinski definition) is 0. The van der Waals surface area contributed by atoms with Crippen molar-refractivity contribution >= 4 is 26.9 Å². The van der Waals surface area contributed by atoms with Crippen LogP contribution < -0.4 is 0 Å². The van der Waals surface area contributed by atoms with Gasteiger partial charge in [-0.3, -0.25) is 9.15 Å². The quantitative estimate of drug-likeness (QED) is 0.313. The Morgan fingerprint density at radius 3 is 1.05 bits per heavy atom. The lowest BCUT2D eigenvalue weighted by atomic mass is 10.4. The van der Waals surface area contributed by atoms with Gasteiger partial charge in [0.15, 0.2) is 0 Å². The first-order chi connectivity index (χ1) is 8.54. The maximum Gasteiger partial charge on any atom is 0.228 e. The van der Waals surface area contributed by atoms with Gasteiger partial charge in [-0.15, -0.1) is 6.58 Å². The number of rotatable bonds is 4. The van der Waals surface area contributed by atoms with Gasteiger partial charge in [0, 0.05) is 0 Å². The zero-order valence-electron chi connectivity index (χ0n) is 15.5. The second-order valence-corrected chi connectivity index (χ2v) is 14.6. The minimum atomic E-state index is -1.45. The summed E-state index contributed by atoms with van der Waals surface area (Å²) < 4.78 is 10.6. The second-order valence-electron chi connectivity index (χ2n) is 5.80. The maximum atomic E-state index is 5.29. The van der Waals surface area contributed by atoms with Gasteiger partial charge in [0.1, 0.15) is 0 Å². The molecular formula is C14H40O2Si3. The summed E-state index contributed by atoms with van der Waals surface area (Å²) in [4.78, 5) is 0. The van der Waals surface area contributed by atoms with Crippen molar-refractivity contribution < 1.29 is 9.15 Å². The van der Waals surface area contributed by atoms with Crippen LogP contribution >= 0.6 is 0 Å². The van der Waals surface area contributed by atoms with Crippen molar-refractivity contribution in [2.45, 2.75) is 79.4 Å². The van der Waals surface area contributed by atoms with Crippen LogP contribution in [-0.4, -0.2) is 26.9 Å². The molecule has 0 bridgehead atoms. The third kappa shape index (κ3) is 70.5. The van der Waals surface area contributed by atoms with E-state index in [2.05, 4.69) is 66.3 Å². The fourth-order valence-electron chi connectivity index (χ4n) is 0.250. The van der Waals surface area contributed by atoms with Crippen molar-refractivity contribution in [1.82, 2.24) is 0 Å². The minimum absolute atomic E-state index is 1.31. The number of allylic oxidation sites excluding steroid dienone is 1. The molecule has 0 aromatic rings. The minimum Gasteiger partial charge on any atom is -0.298 e. The van der Waals surface area contributed by atoms with E-state index >= 15 is 0 Å². The molecule has 0 N–H and O–H groups in total. The summed E-state index contributed by atoms with van der Waals surface area (Å²) in [6.07, 6.45) is 4.39. The Bertz CT molecular complexity index is 145. The second kappa shape index (κ2) is 18.3. The van der Waals surface area contributed by atoms with Crippen LogP contribution in [-0.2, 0) is 9.15 Å². The van der Waals surface area contributed by atoms with E-state index in [1.807, 2.05) is 6.92 Å². The Morgan fingerprint density at radius 1 is 0.842 bits per heavy atom. The molecule has 0 aliphatic rings. The first-order valence-electron chi connectivity index (χ1n) is 7.47. The summed E-state index contributed by atoms with van der Waals surface area (Å²) >= 11 is 0. The van der Waals surface area contributed by atoms with Crippen LogP contribution in [0, 0.1) is 0 Å². The monoisotopic (exact) mass is 324 g/mol. The summed E-state index contributed by atoms with van der Waals surface area (Å²) in [5.74, 6) is 0. The van der Waals surface area contributed by atoms with Crippen LogP contribution in [0.1, 0.15) is 33.6 Å². The third-order valence-corrected chi connectivity index (χ3v) is 2.38. The van der Waals surface area contributed by atoms with Gasteiger partial charge in [-0.2, -0.15) is 0 Å². The standard InChI is InChI=1S/C6H18O2Si2.C4H10.C3H6.CH6Si/c1-9(2,3)7-8-10(4,5)6;1-3-4-2;1-3-2;1-2/h1-6H3;3-4H2,1-2H3;3H,1H2,2H3;1-2H3. The van der Waals surface area contributed by atoms with E-state index in [1.165, 1.54) is 23.1 Å².